The summed E-state index contributed by atoms with van der Waals surface area (Å²) in [6.07, 6.45) is 44.8. The van der Waals surface area contributed by atoms with Gasteiger partial charge in [0, 0.05) is 0 Å². The molecule has 0 amide bonds. The van der Waals surface area contributed by atoms with E-state index >= 15 is 0 Å². The average molecular weight is 775 g/mol. The van der Waals surface area contributed by atoms with Gasteiger partial charge in [0.05, 0.1) is 24.3 Å². The van der Waals surface area contributed by atoms with Gasteiger partial charge >= 0.3 is 11.9 Å². The molecule has 0 spiro atoms. The Morgan fingerprint density at radius 3 is 1.20 bits per heavy atom. The number of unbranched alkanes of at least 4 members (excludes halogenated alkanes) is 26. The first kappa shape index (κ1) is 49.6. The van der Waals surface area contributed by atoms with E-state index in [0.29, 0.717) is 12.8 Å². The number of hydrogen-bond donors (Lipinski definition) is 1. The average Bonchev–Trinajstić information content (AvgIpc) is 3.16. The van der Waals surface area contributed by atoms with E-state index in [1.54, 1.807) is 0 Å². The Hall–Kier alpha value is -2.45. The normalized spacial score (nSPS) is 11.9. The smallest absolute Gasteiger partial charge is 0.340 e. The minimum absolute atomic E-state index is 0.107. The van der Waals surface area contributed by atoms with Crippen LogP contribution in [0.1, 0.15) is 227 Å². The zero-order chi connectivity index (χ0) is 39.4. The quantitative estimate of drug-likeness (QED) is 0.0310. The highest BCUT2D eigenvalue weighted by Crippen LogP contribution is 2.23. The van der Waals surface area contributed by atoms with Crippen molar-refractivity contribution in [3.05, 3.63) is 53.6 Å². The van der Waals surface area contributed by atoms with Crippen molar-refractivity contribution >= 4 is 22.1 Å². The highest BCUT2D eigenvalue weighted by atomic mass is 32.2. The molecule has 1 aromatic rings. The number of hydrogen-bond acceptors (Lipinski definition) is 6. The summed E-state index contributed by atoms with van der Waals surface area (Å²) < 4.78 is 44.8. The monoisotopic (exact) mass is 775 g/mol. The van der Waals surface area contributed by atoms with Crippen LogP contribution in [0.5, 0.6) is 0 Å². The van der Waals surface area contributed by atoms with Crippen molar-refractivity contribution in [3.8, 4) is 0 Å². The largest absolute Gasteiger partial charge is 0.462 e. The predicted molar refractivity (Wildman–Crippen MR) is 225 cm³/mol. The molecule has 1 rings (SSSR count). The number of rotatable bonds is 37. The SMILES string of the molecule is CCCCCC/C=C/CCCCCCCCCCCOC(=O)c1cccc(S(=O)(=O)O)c1C(=O)OCCCCCCCCCCC/C=C/CCCCCC. The molecule has 8 heteroatoms. The molecule has 0 aromatic heterocycles. The van der Waals surface area contributed by atoms with Crippen molar-refractivity contribution < 1.29 is 32.0 Å². The van der Waals surface area contributed by atoms with Crippen molar-refractivity contribution in [2.24, 2.45) is 0 Å². The van der Waals surface area contributed by atoms with Gasteiger partial charge in [-0.25, -0.2) is 9.59 Å². The zero-order valence-corrected chi connectivity index (χ0v) is 35.3. The van der Waals surface area contributed by atoms with Crippen LogP contribution in [-0.4, -0.2) is 38.1 Å². The molecule has 0 bridgehead atoms. The van der Waals surface area contributed by atoms with E-state index in [1.165, 1.54) is 153 Å². The Labute approximate surface area is 331 Å². The van der Waals surface area contributed by atoms with Gasteiger partial charge in [-0.15, -0.1) is 0 Å². The number of carbonyl (C=O) groups excluding carboxylic acids is 2. The Bertz CT molecular complexity index is 1240. The molecule has 0 saturated carbocycles. The molecule has 1 aromatic carbocycles. The van der Waals surface area contributed by atoms with Crippen LogP contribution in [0.2, 0.25) is 0 Å². The van der Waals surface area contributed by atoms with Gasteiger partial charge in [0.15, 0.2) is 0 Å². The lowest BCUT2D eigenvalue weighted by Gasteiger charge is -2.13. The van der Waals surface area contributed by atoms with E-state index in [4.69, 9.17) is 9.47 Å². The number of benzene rings is 1. The standard InChI is InChI=1S/C46H78O7S/c1-3-5-7-9-11-13-15-17-19-21-23-25-27-29-31-33-35-40-52-45(47)42-38-37-39-43(54(49,50)51)44(42)46(48)53-41-36-34-32-30-28-26-24-22-20-18-16-14-12-10-8-6-4-2/h13-16,37-39H,3-12,17-36,40-41H2,1-2H3,(H,49,50,51)/b15-13+,16-14+. The predicted octanol–water partition coefficient (Wildman–Crippen LogP) is 14.1. The maximum absolute atomic E-state index is 13.0. The number of carbonyl (C=O) groups is 2. The summed E-state index contributed by atoms with van der Waals surface area (Å²) in [4.78, 5) is 25.3. The van der Waals surface area contributed by atoms with Crippen LogP contribution in [0.25, 0.3) is 0 Å². The molecule has 54 heavy (non-hydrogen) atoms. The fourth-order valence-corrected chi connectivity index (χ4v) is 7.36. The fourth-order valence-electron chi connectivity index (χ4n) is 6.66. The molecule has 1 N–H and O–H groups in total. The van der Waals surface area contributed by atoms with Gasteiger partial charge in [-0.3, -0.25) is 4.55 Å². The molecular weight excluding hydrogens is 697 g/mol. The van der Waals surface area contributed by atoms with Gasteiger partial charge in [0.25, 0.3) is 10.1 Å². The lowest BCUT2D eigenvalue weighted by Crippen LogP contribution is -2.19. The minimum Gasteiger partial charge on any atom is -0.462 e. The summed E-state index contributed by atoms with van der Waals surface area (Å²) in [5, 5.41) is 0. The van der Waals surface area contributed by atoms with Crippen LogP contribution in [0.3, 0.4) is 0 Å². The lowest BCUT2D eigenvalue weighted by molar-refractivity contribution is 0.0446. The van der Waals surface area contributed by atoms with Crippen molar-refractivity contribution in [2.75, 3.05) is 13.2 Å². The third-order valence-electron chi connectivity index (χ3n) is 10.0. The van der Waals surface area contributed by atoms with E-state index in [2.05, 4.69) is 38.2 Å². The van der Waals surface area contributed by atoms with E-state index in [9.17, 15) is 22.6 Å². The molecule has 0 saturated heterocycles. The highest BCUT2D eigenvalue weighted by Gasteiger charge is 2.28. The van der Waals surface area contributed by atoms with Crippen LogP contribution >= 0.6 is 0 Å². The number of ether oxygens (including phenoxy) is 2. The fraction of sp³-hybridized carbons (Fsp3) is 0.739. The van der Waals surface area contributed by atoms with Gasteiger partial charge in [-0.1, -0.05) is 173 Å². The molecule has 0 heterocycles. The number of esters is 2. The second-order valence-electron chi connectivity index (χ2n) is 15.0. The molecular formula is C46H78O7S. The molecule has 0 fully saturated rings. The van der Waals surface area contributed by atoms with E-state index in [1.807, 2.05) is 0 Å². The van der Waals surface area contributed by atoms with Crippen LogP contribution in [0.4, 0.5) is 0 Å². The first-order valence-corrected chi connectivity index (χ1v) is 23.5. The number of allylic oxidation sites excluding steroid dienone is 4. The second kappa shape index (κ2) is 35.0. The topological polar surface area (TPSA) is 107 Å². The Morgan fingerprint density at radius 2 is 0.833 bits per heavy atom. The Morgan fingerprint density at radius 1 is 0.500 bits per heavy atom. The second-order valence-corrected chi connectivity index (χ2v) is 16.4. The molecule has 0 aliphatic heterocycles. The molecule has 310 valence electrons. The van der Waals surface area contributed by atoms with E-state index in [0.717, 1.165) is 44.6 Å². The van der Waals surface area contributed by atoms with Crippen molar-refractivity contribution in [1.29, 1.82) is 0 Å². The Kier molecular flexibility index (Phi) is 32.1. The molecule has 0 aliphatic carbocycles. The summed E-state index contributed by atoms with van der Waals surface area (Å²) >= 11 is 0. The van der Waals surface area contributed by atoms with Crippen LogP contribution in [0.15, 0.2) is 47.4 Å². The van der Waals surface area contributed by atoms with Crippen molar-refractivity contribution in [1.82, 2.24) is 0 Å². The van der Waals surface area contributed by atoms with Crippen LogP contribution < -0.4 is 0 Å². The van der Waals surface area contributed by atoms with Crippen molar-refractivity contribution in [3.63, 3.8) is 0 Å². The maximum atomic E-state index is 13.0. The van der Waals surface area contributed by atoms with Crippen LogP contribution in [0, 0.1) is 0 Å². The lowest BCUT2D eigenvalue weighted by atomic mass is 10.1. The molecule has 0 atom stereocenters. The van der Waals surface area contributed by atoms with E-state index < -0.39 is 32.5 Å². The van der Waals surface area contributed by atoms with E-state index in [-0.39, 0.29) is 18.8 Å². The highest BCUT2D eigenvalue weighted by molar-refractivity contribution is 7.86. The van der Waals surface area contributed by atoms with Gasteiger partial charge < -0.3 is 9.47 Å². The summed E-state index contributed by atoms with van der Waals surface area (Å²) in [6, 6.07) is 3.75. The van der Waals surface area contributed by atoms with Crippen LogP contribution in [-0.2, 0) is 19.6 Å². The molecule has 0 aliphatic rings. The van der Waals surface area contributed by atoms with Gasteiger partial charge in [-0.2, -0.15) is 8.42 Å². The van der Waals surface area contributed by atoms with Gasteiger partial charge in [-0.05, 0) is 76.3 Å². The van der Waals surface area contributed by atoms with Gasteiger partial charge in [0.1, 0.15) is 4.90 Å². The Balaban J connectivity index is 2.23. The summed E-state index contributed by atoms with van der Waals surface area (Å²) in [6.45, 7) is 4.77. The summed E-state index contributed by atoms with van der Waals surface area (Å²) in [5.74, 6) is -1.75. The third kappa shape index (κ3) is 27.2. The summed E-state index contributed by atoms with van der Waals surface area (Å²) in [5.41, 5.74) is -0.679. The maximum Gasteiger partial charge on any atom is 0.340 e. The molecule has 0 unspecified atom stereocenters. The first-order chi connectivity index (χ1) is 26.3. The zero-order valence-electron chi connectivity index (χ0n) is 34.5. The minimum atomic E-state index is -4.77. The third-order valence-corrected chi connectivity index (χ3v) is 10.9. The van der Waals surface area contributed by atoms with Gasteiger partial charge in [0.2, 0.25) is 0 Å². The first-order valence-electron chi connectivity index (χ1n) is 22.1. The molecule has 0 radical (unpaired) electrons. The summed E-state index contributed by atoms with van der Waals surface area (Å²) in [7, 11) is -4.77. The van der Waals surface area contributed by atoms with Crippen molar-refractivity contribution in [2.45, 2.75) is 211 Å². The molecule has 7 nitrogen and oxygen atoms in total.